The van der Waals surface area contributed by atoms with Crippen LogP contribution >= 0.6 is 22.8 Å². The van der Waals surface area contributed by atoms with E-state index in [2.05, 4.69) is 9.84 Å². The van der Waals surface area contributed by atoms with Crippen LogP contribution in [0.5, 0.6) is 5.75 Å². The minimum absolute atomic E-state index is 0.0271. The first-order valence-electron chi connectivity index (χ1n) is 8.24. The van der Waals surface area contributed by atoms with Crippen molar-refractivity contribution in [1.82, 2.24) is 9.78 Å². The van der Waals surface area contributed by atoms with Crippen molar-refractivity contribution in [3.05, 3.63) is 57.0 Å². The molecule has 27 heavy (non-hydrogen) atoms. The second-order valence-electron chi connectivity index (χ2n) is 5.78. The third kappa shape index (κ3) is 7.08. The number of aromatic nitrogens is 2. The molecule has 0 saturated heterocycles. The molecule has 150 valence electrons. The van der Waals surface area contributed by atoms with Crippen LogP contribution in [0.3, 0.4) is 0 Å². The third-order valence-corrected chi connectivity index (χ3v) is 4.36. The Morgan fingerprint density at radius 1 is 1.15 bits per heavy atom. The van der Waals surface area contributed by atoms with Crippen molar-refractivity contribution in [2.24, 2.45) is 0 Å². The minimum Gasteiger partial charge on any atom is -0.485 e. The molecule has 2 rings (SSSR count). The summed E-state index contributed by atoms with van der Waals surface area (Å²) in [6, 6.07) is 6.74. The van der Waals surface area contributed by atoms with Gasteiger partial charge in [0.25, 0.3) is 5.56 Å². The number of aryl methyl sites for hydroxylation is 1. The number of benzene rings is 1. The lowest BCUT2D eigenvalue weighted by atomic mass is 10.1. The van der Waals surface area contributed by atoms with Crippen molar-refractivity contribution in [1.29, 1.82) is 0 Å². The summed E-state index contributed by atoms with van der Waals surface area (Å²) < 4.78 is 47.9. The summed E-state index contributed by atoms with van der Waals surface area (Å²) in [5, 5.41) is 4.02. The predicted octanol–water partition coefficient (Wildman–Crippen LogP) is 5.21. The highest BCUT2D eigenvalue weighted by molar-refractivity contribution is 8.20. The summed E-state index contributed by atoms with van der Waals surface area (Å²) in [7, 11) is 0. The lowest BCUT2D eigenvalue weighted by Crippen LogP contribution is -2.23. The molecule has 0 amide bonds. The fourth-order valence-electron chi connectivity index (χ4n) is 2.16. The number of ether oxygens (including phenoxy) is 2. The molecule has 0 aliphatic heterocycles. The maximum Gasteiger partial charge on any atom is 0.289 e. The van der Waals surface area contributed by atoms with Gasteiger partial charge in [-0.3, -0.25) is 4.79 Å². The van der Waals surface area contributed by atoms with Gasteiger partial charge in [0.2, 0.25) is 11.2 Å². The van der Waals surface area contributed by atoms with Crippen LogP contribution in [0.2, 0.25) is 5.02 Å². The Morgan fingerprint density at radius 2 is 1.78 bits per heavy atom. The van der Waals surface area contributed by atoms with E-state index >= 15 is 0 Å². The van der Waals surface area contributed by atoms with Crippen LogP contribution < -0.4 is 10.3 Å². The van der Waals surface area contributed by atoms with Crippen molar-refractivity contribution >= 4 is 22.8 Å². The summed E-state index contributed by atoms with van der Waals surface area (Å²) in [5.74, 6) is -1.01. The topological polar surface area (TPSA) is 53.4 Å². The van der Waals surface area contributed by atoms with Crippen molar-refractivity contribution in [2.45, 2.75) is 39.5 Å². The van der Waals surface area contributed by atoms with Crippen LogP contribution in [-0.4, -0.2) is 15.7 Å². The first-order chi connectivity index (χ1) is 12.8. The van der Waals surface area contributed by atoms with E-state index in [4.69, 9.17) is 16.3 Å². The van der Waals surface area contributed by atoms with Crippen LogP contribution in [0.15, 0.2) is 35.3 Å². The van der Waals surface area contributed by atoms with Gasteiger partial charge < -0.3 is 9.47 Å². The summed E-state index contributed by atoms with van der Waals surface area (Å²) in [5.41, 5.74) is 0.994. The van der Waals surface area contributed by atoms with E-state index < -0.39 is 22.7 Å². The smallest absolute Gasteiger partial charge is 0.289 e. The molecule has 0 saturated carbocycles. The Kier molecular flexibility index (Phi) is 8.00. The first-order valence-corrected chi connectivity index (χ1v) is 10.1. The molecule has 1 heterocycles. The molecule has 1 aromatic heterocycles. The molecule has 0 unspecified atom stereocenters. The molecule has 0 atom stereocenters. The van der Waals surface area contributed by atoms with Crippen molar-refractivity contribution in [2.75, 3.05) is 5.94 Å². The van der Waals surface area contributed by atoms with Gasteiger partial charge in [0.1, 0.15) is 6.61 Å². The standard InChI is InChI=1S/C17H20ClF3N2O3S/c1-2-3-8-23-17(24)16(18)15(9-22-23)26-11-14-6-4-13(5-7-14)10-25-12-27(19,20)21/h4-7,9H,2-3,8,10-12H2,1H3. The van der Waals surface area contributed by atoms with E-state index in [-0.39, 0.29) is 24.0 Å². The molecule has 0 aliphatic carbocycles. The van der Waals surface area contributed by atoms with E-state index in [0.29, 0.717) is 12.1 Å². The average Bonchev–Trinajstić information content (AvgIpc) is 2.62. The van der Waals surface area contributed by atoms with Crippen molar-refractivity contribution < 1.29 is 21.1 Å². The molecule has 0 fully saturated rings. The van der Waals surface area contributed by atoms with Crippen molar-refractivity contribution in [3.8, 4) is 5.75 Å². The maximum atomic E-state index is 12.1. The zero-order chi connectivity index (χ0) is 19.9. The second-order valence-corrected chi connectivity index (χ2v) is 7.40. The zero-order valence-electron chi connectivity index (χ0n) is 14.7. The molecular formula is C17H20ClF3N2O3S. The summed E-state index contributed by atoms with van der Waals surface area (Å²) >= 11 is 0.912. The van der Waals surface area contributed by atoms with Gasteiger partial charge in [-0.25, -0.2) is 4.68 Å². The number of unbranched alkanes of at least 4 members (excludes halogenated alkanes) is 1. The summed E-state index contributed by atoms with van der Waals surface area (Å²) in [4.78, 5) is 12.1. The number of rotatable bonds is 10. The van der Waals surface area contributed by atoms with Gasteiger partial charge in [-0.05, 0) is 17.5 Å². The Labute approximate surface area is 162 Å². The lowest BCUT2D eigenvalue weighted by molar-refractivity contribution is 0.158. The highest BCUT2D eigenvalue weighted by atomic mass is 35.5. The quantitative estimate of drug-likeness (QED) is 0.525. The van der Waals surface area contributed by atoms with E-state index in [1.807, 2.05) is 6.92 Å². The summed E-state index contributed by atoms with van der Waals surface area (Å²) in [6.45, 7) is 2.54. The molecule has 10 heteroatoms. The molecule has 1 aromatic carbocycles. The summed E-state index contributed by atoms with van der Waals surface area (Å²) in [6.07, 6.45) is 3.16. The van der Waals surface area contributed by atoms with E-state index in [1.165, 1.54) is 10.9 Å². The van der Waals surface area contributed by atoms with Gasteiger partial charge in [-0.15, -0.1) is 11.7 Å². The van der Waals surface area contributed by atoms with Gasteiger partial charge in [0.05, 0.1) is 12.8 Å². The Hall–Kier alpha value is -1.71. The first kappa shape index (κ1) is 21.6. The monoisotopic (exact) mass is 424 g/mol. The van der Waals surface area contributed by atoms with Crippen LogP contribution in [0.1, 0.15) is 30.9 Å². The fourth-order valence-corrected chi connectivity index (χ4v) is 2.64. The molecule has 0 aliphatic rings. The third-order valence-electron chi connectivity index (χ3n) is 3.58. The van der Waals surface area contributed by atoms with E-state index in [0.717, 1.165) is 18.4 Å². The normalized spacial score (nSPS) is 12.2. The van der Waals surface area contributed by atoms with Gasteiger partial charge in [-0.1, -0.05) is 49.2 Å². The molecule has 0 radical (unpaired) electrons. The fraction of sp³-hybridized carbons (Fsp3) is 0.412. The average molecular weight is 425 g/mol. The van der Waals surface area contributed by atoms with Gasteiger partial charge >= 0.3 is 0 Å². The number of halogens is 4. The molecule has 2 aromatic rings. The van der Waals surface area contributed by atoms with Gasteiger partial charge in [-0.2, -0.15) is 5.10 Å². The van der Waals surface area contributed by atoms with Gasteiger partial charge in [0.15, 0.2) is 16.7 Å². The second kappa shape index (κ2) is 10.0. The molecule has 5 nitrogen and oxygen atoms in total. The molecular weight excluding hydrogens is 405 g/mol. The van der Waals surface area contributed by atoms with E-state index in [1.54, 1.807) is 24.3 Å². The van der Waals surface area contributed by atoms with Crippen molar-refractivity contribution in [3.63, 3.8) is 0 Å². The lowest BCUT2D eigenvalue weighted by Gasteiger charge is -2.11. The van der Waals surface area contributed by atoms with Crippen LogP contribution in [0.25, 0.3) is 0 Å². The predicted molar refractivity (Wildman–Crippen MR) is 99.8 cm³/mol. The minimum atomic E-state index is -5.15. The Bertz CT molecular complexity index is 797. The Morgan fingerprint density at radius 3 is 2.37 bits per heavy atom. The van der Waals surface area contributed by atoms with Crippen LogP contribution in [-0.2, 0) is 24.5 Å². The molecule has 0 spiro atoms. The maximum absolute atomic E-state index is 12.1. The van der Waals surface area contributed by atoms with E-state index in [9.17, 15) is 16.5 Å². The van der Waals surface area contributed by atoms with Crippen LogP contribution in [0, 0.1) is 0 Å². The number of hydrogen-bond donors (Lipinski definition) is 0. The highest BCUT2D eigenvalue weighted by Crippen LogP contribution is 2.52. The molecule has 0 bridgehead atoms. The highest BCUT2D eigenvalue weighted by Gasteiger charge is 2.20. The molecule has 0 N–H and O–H groups in total. The SMILES string of the molecule is CCCCn1ncc(OCc2ccc(COCS(F)(F)F)cc2)c(Cl)c1=O. The number of hydrogen-bond acceptors (Lipinski definition) is 4. The Balaban J connectivity index is 1.91. The van der Waals surface area contributed by atoms with Gasteiger partial charge in [0, 0.05) is 6.54 Å². The largest absolute Gasteiger partial charge is 0.485 e. The number of nitrogens with zero attached hydrogens (tertiary/aromatic N) is 2. The zero-order valence-corrected chi connectivity index (χ0v) is 16.2. The van der Waals surface area contributed by atoms with Crippen LogP contribution in [0.4, 0.5) is 11.7 Å².